The van der Waals surface area contributed by atoms with E-state index in [9.17, 15) is 5.11 Å². The van der Waals surface area contributed by atoms with E-state index < -0.39 is 0 Å². The molecule has 14 heavy (non-hydrogen) atoms. The van der Waals surface area contributed by atoms with Crippen LogP contribution >= 0.6 is 0 Å². The highest BCUT2D eigenvalue weighted by atomic mass is 16.3. The summed E-state index contributed by atoms with van der Waals surface area (Å²) in [6, 6.07) is 0. The van der Waals surface area contributed by atoms with E-state index in [-0.39, 0.29) is 5.41 Å². The average Bonchev–Trinajstić information content (AvgIpc) is 2.24. The molecule has 0 amide bonds. The molecular weight excluding hydrogens is 174 g/mol. The second kappa shape index (κ2) is 8.25. The third-order valence-corrected chi connectivity index (χ3v) is 3.29. The molecule has 0 aliphatic carbocycles. The van der Waals surface area contributed by atoms with Crippen molar-refractivity contribution in [1.82, 2.24) is 5.32 Å². The first kappa shape index (κ1) is 13.9. The molecule has 0 aromatic rings. The van der Waals surface area contributed by atoms with Crippen molar-refractivity contribution in [3.05, 3.63) is 0 Å². The Labute approximate surface area is 89.1 Å². The molecule has 2 N–H and O–H groups in total. The molecule has 0 radical (unpaired) electrons. The third-order valence-electron chi connectivity index (χ3n) is 3.29. The molecular formula is C12H27NO. The second-order valence-corrected chi connectivity index (χ2v) is 4.25. The Morgan fingerprint density at radius 3 is 2.14 bits per heavy atom. The van der Waals surface area contributed by atoms with E-state index in [4.69, 9.17) is 0 Å². The minimum atomic E-state index is 0.117. The van der Waals surface area contributed by atoms with Crippen LogP contribution in [-0.2, 0) is 0 Å². The summed E-state index contributed by atoms with van der Waals surface area (Å²) in [4.78, 5) is 0. The van der Waals surface area contributed by atoms with E-state index in [2.05, 4.69) is 26.1 Å². The fraction of sp³-hybridized carbons (Fsp3) is 1.00. The molecule has 0 saturated heterocycles. The van der Waals surface area contributed by atoms with Crippen molar-refractivity contribution in [2.75, 3.05) is 19.7 Å². The van der Waals surface area contributed by atoms with Crippen molar-refractivity contribution >= 4 is 0 Å². The van der Waals surface area contributed by atoms with E-state index in [1.54, 1.807) is 0 Å². The Morgan fingerprint density at radius 2 is 1.71 bits per heavy atom. The Bertz CT molecular complexity index is 113. The summed E-state index contributed by atoms with van der Waals surface area (Å²) in [7, 11) is 0. The molecule has 0 saturated carbocycles. The maximum atomic E-state index is 9.34. The lowest BCUT2D eigenvalue weighted by Gasteiger charge is -2.29. The number of hydrogen-bond donors (Lipinski definition) is 2. The van der Waals surface area contributed by atoms with Crippen LogP contribution in [0, 0.1) is 5.41 Å². The molecule has 0 unspecified atom stereocenters. The van der Waals surface area contributed by atoms with Gasteiger partial charge in [0.25, 0.3) is 0 Å². The van der Waals surface area contributed by atoms with Gasteiger partial charge in [0, 0.05) is 18.6 Å². The summed E-state index contributed by atoms with van der Waals surface area (Å²) in [5.41, 5.74) is 0.117. The lowest BCUT2D eigenvalue weighted by molar-refractivity contribution is 0.113. The van der Waals surface area contributed by atoms with Crippen LogP contribution in [0.15, 0.2) is 0 Å². The van der Waals surface area contributed by atoms with Gasteiger partial charge in [-0.3, -0.25) is 0 Å². The fourth-order valence-electron chi connectivity index (χ4n) is 1.63. The SMILES string of the molecule is CCCCCNCC(CC)(CC)CO. The first-order valence-electron chi connectivity index (χ1n) is 6.06. The summed E-state index contributed by atoms with van der Waals surface area (Å²) < 4.78 is 0. The molecule has 0 aliphatic rings. The van der Waals surface area contributed by atoms with E-state index >= 15 is 0 Å². The zero-order valence-corrected chi connectivity index (χ0v) is 10.1. The van der Waals surface area contributed by atoms with Crippen molar-refractivity contribution < 1.29 is 5.11 Å². The van der Waals surface area contributed by atoms with Gasteiger partial charge >= 0.3 is 0 Å². The highest BCUT2D eigenvalue weighted by Gasteiger charge is 2.24. The van der Waals surface area contributed by atoms with Crippen molar-refractivity contribution in [3.63, 3.8) is 0 Å². The minimum Gasteiger partial charge on any atom is -0.396 e. The smallest absolute Gasteiger partial charge is 0.0499 e. The van der Waals surface area contributed by atoms with Gasteiger partial charge < -0.3 is 10.4 Å². The zero-order valence-electron chi connectivity index (χ0n) is 10.1. The van der Waals surface area contributed by atoms with Crippen molar-refractivity contribution in [2.24, 2.45) is 5.41 Å². The fourth-order valence-corrected chi connectivity index (χ4v) is 1.63. The van der Waals surface area contributed by atoms with Gasteiger partial charge in [-0.25, -0.2) is 0 Å². The van der Waals surface area contributed by atoms with Gasteiger partial charge in [0.05, 0.1) is 0 Å². The van der Waals surface area contributed by atoms with Gasteiger partial charge in [0.2, 0.25) is 0 Å². The maximum Gasteiger partial charge on any atom is 0.0499 e. The van der Waals surface area contributed by atoms with Gasteiger partial charge in [-0.1, -0.05) is 33.6 Å². The van der Waals surface area contributed by atoms with Gasteiger partial charge in [-0.05, 0) is 25.8 Å². The molecule has 0 fully saturated rings. The standard InChI is InChI=1S/C12H27NO/c1-4-7-8-9-13-10-12(5-2,6-3)11-14/h13-14H,4-11H2,1-3H3. The quantitative estimate of drug-likeness (QED) is 0.562. The number of nitrogens with one attached hydrogen (secondary N) is 1. The number of rotatable bonds is 9. The monoisotopic (exact) mass is 201 g/mol. The number of aliphatic hydroxyl groups excluding tert-OH is 1. The Hall–Kier alpha value is -0.0800. The van der Waals surface area contributed by atoms with Crippen LogP contribution in [0.25, 0.3) is 0 Å². The van der Waals surface area contributed by atoms with E-state index in [1.807, 2.05) is 0 Å². The van der Waals surface area contributed by atoms with Crippen LogP contribution in [0.3, 0.4) is 0 Å². The van der Waals surface area contributed by atoms with E-state index in [0.29, 0.717) is 6.61 Å². The third kappa shape index (κ3) is 4.97. The summed E-state index contributed by atoms with van der Waals surface area (Å²) in [6.07, 6.45) is 5.94. The highest BCUT2D eigenvalue weighted by molar-refractivity contribution is 4.77. The zero-order chi connectivity index (χ0) is 10.9. The van der Waals surface area contributed by atoms with Crippen LogP contribution in [0.1, 0.15) is 52.9 Å². The molecule has 86 valence electrons. The largest absolute Gasteiger partial charge is 0.396 e. The van der Waals surface area contributed by atoms with Gasteiger partial charge in [0.1, 0.15) is 0 Å². The van der Waals surface area contributed by atoms with Crippen LogP contribution in [0.4, 0.5) is 0 Å². The molecule has 2 heteroatoms. The van der Waals surface area contributed by atoms with Crippen LogP contribution in [-0.4, -0.2) is 24.8 Å². The molecule has 0 bridgehead atoms. The summed E-state index contributed by atoms with van der Waals surface area (Å²) in [5.74, 6) is 0. The topological polar surface area (TPSA) is 32.3 Å². The Balaban J connectivity index is 3.61. The number of unbranched alkanes of at least 4 members (excludes halogenated alkanes) is 2. The van der Waals surface area contributed by atoms with Gasteiger partial charge in [-0.15, -0.1) is 0 Å². The van der Waals surface area contributed by atoms with Crippen molar-refractivity contribution in [2.45, 2.75) is 52.9 Å². The van der Waals surface area contributed by atoms with E-state index in [0.717, 1.165) is 25.9 Å². The molecule has 0 rings (SSSR count). The van der Waals surface area contributed by atoms with Gasteiger partial charge in [-0.2, -0.15) is 0 Å². The minimum absolute atomic E-state index is 0.117. The summed E-state index contributed by atoms with van der Waals surface area (Å²) in [5, 5.41) is 12.8. The van der Waals surface area contributed by atoms with Crippen LogP contribution in [0.5, 0.6) is 0 Å². The molecule has 0 spiro atoms. The molecule has 2 nitrogen and oxygen atoms in total. The van der Waals surface area contributed by atoms with Gasteiger partial charge in [0.15, 0.2) is 0 Å². The van der Waals surface area contributed by atoms with Crippen molar-refractivity contribution in [3.8, 4) is 0 Å². The maximum absolute atomic E-state index is 9.34. The number of aliphatic hydroxyl groups is 1. The normalized spacial score (nSPS) is 12.0. The Kier molecular flexibility index (Phi) is 8.20. The molecule has 0 aliphatic heterocycles. The van der Waals surface area contributed by atoms with Crippen molar-refractivity contribution in [1.29, 1.82) is 0 Å². The first-order valence-corrected chi connectivity index (χ1v) is 6.06. The number of hydrogen-bond acceptors (Lipinski definition) is 2. The highest BCUT2D eigenvalue weighted by Crippen LogP contribution is 2.24. The van der Waals surface area contributed by atoms with E-state index in [1.165, 1.54) is 19.3 Å². The molecule has 0 aromatic carbocycles. The predicted molar refractivity (Wildman–Crippen MR) is 62.5 cm³/mol. The second-order valence-electron chi connectivity index (χ2n) is 4.25. The lowest BCUT2D eigenvalue weighted by Crippen LogP contribution is -2.36. The first-order chi connectivity index (χ1) is 6.74. The molecule has 0 heterocycles. The summed E-state index contributed by atoms with van der Waals surface area (Å²) >= 11 is 0. The lowest BCUT2D eigenvalue weighted by atomic mass is 9.83. The average molecular weight is 201 g/mol. The van der Waals surface area contributed by atoms with Crippen LogP contribution < -0.4 is 5.32 Å². The van der Waals surface area contributed by atoms with Crippen LogP contribution in [0.2, 0.25) is 0 Å². The summed E-state index contributed by atoms with van der Waals surface area (Å²) in [6.45, 7) is 8.90. The Morgan fingerprint density at radius 1 is 1.07 bits per heavy atom. The predicted octanol–water partition coefficient (Wildman–Crippen LogP) is 2.56. The molecule has 0 atom stereocenters. The molecule has 0 aromatic heterocycles.